The fourth-order valence-corrected chi connectivity index (χ4v) is 2.39. The van der Waals surface area contributed by atoms with Crippen molar-refractivity contribution in [3.63, 3.8) is 0 Å². The minimum absolute atomic E-state index is 0.663. The smallest absolute Gasteiger partial charge is 0.00171 e. The van der Waals surface area contributed by atoms with E-state index < -0.39 is 0 Å². The number of allylic oxidation sites excluding steroid dienone is 1. The van der Waals surface area contributed by atoms with Gasteiger partial charge in [-0.15, -0.1) is 6.58 Å². The predicted octanol–water partition coefficient (Wildman–Crippen LogP) is 4.52. The molecule has 0 fully saturated rings. The van der Waals surface area contributed by atoms with Gasteiger partial charge in [0.05, 0.1) is 0 Å². The van der Waals surface area contributed by atoms with Crippen molar-refractivity contribution in [3.05, 3.63) is 48.6 Å². The molecule has 0 aliphatic rings. The van der Waals surface area contributed by atoms with Gasteiger partial charge in [-0.05, 0) is 37.8 Å². The van der Waals surface area contributed by atoms with Gasteiger partial charge in [0.2, 0.25) is 0 Å². The molecule has 0 saturated carbocycles. The largest absolute Gasteiger partial charge is 0.319 e. The van der Waals surface area contributed by atoms with Crippen molar-refractivity contribution in [2.45, 2.75) is 44.4 Å². The highest BCUT2D eigenvalue weighted by molar-refractivity contribution is 5.19. The van der Waals surface area contributed by atoms with Crippen LogP contribution in [-0.2, 0) is 0 Å². The molecule has 0 aromatic heterocycles. The summed E-state index contributed by atoms with van der Waals surface area (Å²) in [7, 11) is 2.04. The Hall–Kier alpha value is -1.08. The lowest BCUT2D eigenvalue weighted by Crippen LogP contribution is -2.17. The van der Waals surface area contributed by atoms with Crippen LogP contribution in [0.15, 0.2) is 43.0 Å². The maximum atomic E-state index is 3.76. The molecule has 0 heterocycles. The third kappa shape index (κ3) is 6.02. The van der Waals surface area contributed by atoms with Crippen LogP contribution in [0.25, 0.3) is 0 Å². The van der Waals surface area contributed by atoms with E-state index in [-0.39, 0.29) is 0 Å². The quantitative estimate of drug-likeness (QED) is 0.472. The van der Waals surface area contributed by atoms with E-state index in [0.29, 0.717) is 5.92 Å². The molecule has 1 atom stereocenters. The van der Waals surface area contributed by atoms with E-state index in [9.17, 15) is 0 Å². The van der Waals surface area contributed by atoms with Gasteiger partial charge < -0.3 is 5.32 Å². The molecule has 1 nitrogen and oxygen atoms in total. The van der Waals surface area contributed by atoms with Gasteiger partial charge in [-0.2, -0.15) is 0 Å². The van der Waals surface area contributed by atoms with Crippen molar-refractivity contribution in [2.24, 2.45) is 0 Å². The summed E-state index contributed by atoms with van der Waals surface area (Å²) >= 11 is 0. The zero-order valence-electron chi connectivity index (χ0n) is 11.7. The highest BCUT2D eigenvalue weighted by Gasteiger charge is 2.09. The highest BCUT2D eigenvalue weighted by Crippen LogP contribution is 2.22. The molecule has 0 spiro atoms. The Kier molecular flexibility index (Phi) is 8.24. The van der Waals surface area contributed by atoms with Crippen LogP contribution in [0.1, 0.15) is 50.0 Å². The lowest BCUT2D eigenvalue weighted by Gasteiger charge is -2.16. The second-order valence-electron chi connectivity index (χ2n) is 4.95. The van der Waals surface area contributed by atoms with Gasteiger partial charge in [-0.25, -0.2) is 0 Å². The molecule has 1 N–H and O–H groups in total. The van der Waals surface area contributed by atoms with Crippen molar-refractivity contribution in [2.75, 3.05) is 13.6 Å². The Morgan fingerprint density at radius 1 is 1.11 bits per heavy atom. The normalized spacial score (nSPS) is 12.3. The van der Waals surface area contributed by atoms with E-state index in [1.165, 1.54) is 44.1 Å². The van der Waals surface area contributed by atoms with Crippen molar-refractivity contribution < 1.29 is 0 Å². The molecule has 0 amide bonds. The van der Waals surface area contributed by atoms with E-state index in [0.717, 1.165) is 6.54 Å². The number of unbranched alkanes of at least 4 members (excludes halogenated alkanes) is 4. The van der Waals surface area contributed by atoms with Gasteiger partial charge in [0.1, 0.15) is 0 Å². The Morgan fingerprint density at radius 3 is 2.50 bits per heavy atom. The van der Waals surface area contributed by atoms with Crippen LogP contribution in [0.4, 0.5) is 0 Å². The molecular formula is C17H27N. The van der Waals surface area contributed by atoms with Gasteiger partial charge in [0.15, 0.2) is 0 Å². The molecule has 1 unspecified atom stereocenters. The number of hydrogen-bond donors (Lipinski definition) is 1. The third-order valence-electron chi connectivity index (χ3n) is 3.43. The zero-order valence-corrected chi connectivity index (χ0v) is 11.7. The van der Waals surface area contributed by atoms with Gasteiger partial charge >= 0.3 is 0 Å². The third-order valence-corrected chi connectivity index (χ3v) is 3.43. The maximum absolute atomic E-state index is 3.76. The maximum Gasteiger partial charge on any atom is 0.00171 e. The average Bonchev–Trinajstić information content (AvgIpc) is 2.42. The number of rotatable bonds is 10. The number of likely N-dealkylation sites (N-methyl/N-ethyl adjacent to an activating group) is 1. The molecule has 18 heavy (non-hydrogen) atoms. The average molecular weight is 245 g/mol. The van der Waals surface area contributed by atoms with Crippen LogP contribution in [0, 0.1) is 0 Å². The van der Waals surface area contributed by atoms with Crippen molar-refractivity contribution >= 4 is 0 Å². The summed E-state index contributed by atoms with van der Waals surface area (Å²) in [5.41, 5.74) is 1.47. The minimum atomic E-state index is 0.663. The molecule has 0 aliphatic carbocycles. The summed E-state index contributed by atoms with van der Waals surface area (Å²) in [5, 5.41) is 3.31. The van der Waals surface area contributed by atoms with Gasteiger partial charge in [0.25, 0.3) is 0 Å². The van der Waals surface area contributed by atoms with Gasteiger partial charge in [-0.1, -0.05) is 55.7 Å². The second kappa shape index (κ2) is 9.90. The Morgan fingerprint density at radius 2 is 1.83 bits per heavy atom. The van der Waals surface area contributed by atoms with Crippen molar-refractivity contribution in [1.29, 1.82) is 0 Å². The lowest BCUT2D eigenvalue weighted by atomic mass is 9.93. The predicted molar refractivity (Wildman–Crippen MR) is 81.0 cm³/mol. The molecule has 100 valence electrons. The first kappa shape index (κ1) is 15.0. The number of benzene rings is 1. The molecule has 1 aromatic carbocycles. The summed E-state index contributed by atoms with van der Waals surface area (Å²) in [4.78, 5) is 0. The van der Waals surface area contributed by atoms with Crippen LogP contribution < -0.4 is 5.32 Å². The molecule has 0 bridgehead atoms. The van der Waals surface area contributed by atoms with E-state index in [2.05, 4.69) is 42.2 Å². The molecule has 1 aromatic rings. The van der Waals surface area contributed by atoms with Crippen LogP contribution >= 0.6 is 0 Å². The minimum Gasteiger partial charge on any atom is -0.319 e. The van der Waals surface area contributed by atoms with E-state index in [1.54, 1.807) is 0 Å². The molecule has 0 saturated heterocycles. The second-order valence-corrected chi connectivity index (χ2v) is 4.95. The molecular weight excluding hydrogens is 218 g/mol. The lowest BCUT2D eigenvalue weighted by molar-refractivity contribution is 0.529. The zero-order chi connectivity index (χ0) is 13.1. The molecule has 1 heteroatoms. The summed E-state index contributed by atoms with van der Waals surface area (Å²) in [6.45, 7) is 4.84. The van der Waals surface area contributed by atoms with E-state index >= 15 is 0 Å². The fraction of sp³-hybridized carbons (Fsp3) is 0.529. The van der Waals surface area contributed by atoms with Gasteiger partial charge in [0, 0.05) is 6.54 Å². The first-order valence-corrected chi connectivity index (χ1v) is 7.19. The van der Waals surface area contributed by atoms with E-state index in [1.807, 2.05) is 13.1 Å². The van der Waals surface area contributed by atoms with Crippen molar-refractivity contribution in [1.82, 2.24) is 5.32 Å². The van der Waals surface area contributed by atoms with E-state index in [4.69, 9.17) is 0 Å². The number of nitrogens with one attached hydrogen (secondary N) is 1. The monoisotopic (exact) mass is 245 g/mol. The van der Waals surface area contributed by atoms with Crippen LogP contribution in [0.3, 0.4) is 0 Å². The fourth-order valence-electron chi connectivity index (χ4n) is 2.39. The Bertz CT molecular complexity index is 305. The van der Waals surface area contributed by atoms with Gasteiger partial charge in [-0.3, -0.25) is 0 Å². The van der Waals surface area contributed by atoms with Crippen LogP contribution in [0.2, 0.25) is 0 Å². The Labute approximate surface area is 112 Å². The SMILES string of the molecule is C=CCCCCCCC(CNC)c1ccccc1. The standard InChI is InChI=1S/C17H27N/c1-3-4-5-6-7-9-14-17(15-18-2)16-12-10-8-11-13-16/h3,8,10-13,17-18H,1,4-7,9,14-15H2,2H3. The highest BCUT2D eigenvalue weighted by atomic mass is 14.8. The first-order chi connectivity index (χ1) is 8.88. The van der Waals surface area contributed by atoms with Crippen LogP contribution in [-0.4, -0.2) is 13.6 Å². The van der Waals surface area contributed by atoms with Crippen LogP contribution in [0.5, 0.6) is 0 Å². The summed E-state index contributed by atoms with van der Waals surface area (Å²) < 4.78 is 0. The summed E-state index contributed by atoms with van der Waals surface area (Å²) in [5.74, 6) is 0.663. The topological polar surface area (TPSA) is 12.0 Å². The first-order valence-electron chi connectivity index (χ1n) is 7.19. The molecule has 1 rings (SSSR count). The summed E-state index contributed by atoms with van der Waals surface area (Å²) in [6.07, 6.45) is 9.79. The number of hydrogen-bond acceptors (Lipinski definition) is 1. The molecule has 0 radical (unpaired) electrons. The molecule has 0 aliphatic heterocycles. The van der Waals surface area contributed by atoms with Crippen molar-refractivity contribution in [3.8, 4) is 0 Å². The summed E-state index contributed by atoms with van der Waals surface area (Å²) in [6, 6.07) is 10.9. The Balaban J connectivity index is 2.28.